The van der Waals surface area contributed by atoms with Crippen molar-refractivity contribution in [1.82, 2.24) is 29.3 Å². The third kappa shape index (κ3) is 3.30. The number of halogens is 1. The van der Waals surface area contributed by atoms with Crippen LogP contribution in [0.5, 0.6) is 0 Å². The van der Waals surface area contributed by atoms with Crippen LogP contribution in [-0.2, 0) is 20.1 Å². The van der Waals surface area contributed by atoms with Crippen LogP contribution < -0.4 is 5.32 Å². The Kier molecular flexibility index (Phi) is 4.63. The highest BCUT2D eigenvalue weighted by Gasteiger charge is 2.18. The molecule has 8 nitrogen and oxygen atoms in total. The van der Waals surface area contributed by atoms with Crippen LogP contribution in [0.2, 0.25) is 5.02 Å². The van der Waals surface area contributed by atoms with Gasteiger partial charge in [0.2, 0.25) is 0 Å². The minimum Gasteiger partial charge on any atom is -0.318 e. The summed E-state index contributed by atoms with van der Waals surface area (Å²) in [6.07, 6.45) is 5.21. The van der Waals surface area contributed by atoms with Gasteiger partial charge >= 0.3 is 0 Å². The topological polar surface area (TPSA) is 82.6 Å². The van der Waals surface area contributed by atoms with Crippen molar-refractivity contribution >= 4 is 23.2 Å². The summed E-state index contributed by atoms with van der Waals surface area (Å²) in [5.74, 6) is -0.358. The lowest BCUT2D eigenvalue weighted by Crippen LogP contribution is -2.13. The van der Waals surface area contributed by atoms with Crippen LogP contribution >= 0.6 is 11.6 Å². The van der Waals surface area contributed by atoms with Crippen molar-refractivity contribution in [1.29, 1.82) is 0 Å². The maximum Gasteiger partial charge on any atom is 0.277 e. The minimum absolute atomic E-state index is 0.203. The van der Waals surface area contributed by atoms with Gasteiger partial charge < -0.3 is 5.32 Å². The molecule has 0 aromatic carbocycles. The summed E-state index contributed by atoms with van der Waals surface area (Å²) < 4.78 is 5.27. The quantitative estimate of drug-likeness (QED) is 0.756. The first kappa shape index (κ1) is 17.2. The second-order valence-electron chi connectivity index (χ2n) is 5.82. The van der Waals surface area contributed by atoms with E-state index in [2.05, 4.69) is 27.5 Å². The van der Waals surface area contributed by atoms with Crippen LogP contribution in [0.25, 0.3) is 0 Å². The first-order valence-electron chi connectivity index (χ1n) is 7.94. The van der Waals surface area contributed by atoms with E-state index in [0.717, 1.165) is 23.5 Å². The molecule has 1 amide bonds. The number of aromatic nitrogens is 6. The fourth-order valence-corrected chi connectivity index (χ4v) is 2.81. The van der Waals surface area contributed by atoms with Gasteiger partial charge in [-0.25, -0.2) is 0 Å². The summed E-state index contributed by atoms with van der Waals surface area (Å²) in [5, 5.41) is 15.9. The average molecular weight is 362 g/mol. The normalized spacial score (nSPS) is 11.1. The van der Waals surface area contributed by atoms with E-state index in [1.807, 2.05) is 24.7 Å². The van der Waals surface area contributed by atoms with Crippen molar-refractivity contribution in [3.63, 3.8) is 0 Å². The number of hydrogen-bond donors (Lipinski definition) is 1. The molecule has 0 saturated heterocycles. The Labute approximate surface area is 150 Å². The van der Waals surface area contributed by atoms with Crippen LogP contribution in [0.3, 0.4) is 0 Å². The maximum atomic E-state index is 12.3. The summed E-state index contributed by atoms with van der Waals surface area (Å²) in [4.78, 5) is 12.3. The predicted octanol–water partition coefficient (Wildman–Crippen LogP) is 2.40. The maximum absolute atomic E-state index is 12.3. The van der Waals surface area contributed by atoms with E-state index in [1.165, 1.54) is 0 Å². The van der Waals surface area contributed by atoms with E-state index in [-0.39, 0.29) is 11.6 Å². The number of nitrogens with one attached hydrogen (secondary N) is 1. The Balaban J connectivity index is 1.72. The molecule has 0 aliphatic carbocycles. The zero-order valence-electron chi connectivity index (χ0n) is 14.6. The summed E-state index contributed by atoms with van der Waals surface area (Å²) in [6, 6.07) is 0. The second kappa shape index (κ2) is 6.72. The van der Waals surface area contributed by atoms with Gasteiger partial charge in [0, 0.05) is 31.0 Å². The van der Waals surface area contributed by atoms with Gasteiger partial charge in [-0.05, 0) is 20.8 Å². The molecule has 25 heavy (non-hydrogen) atoms. The molecule has 0 atom stereocenters. The molecule has 3 aromatic rings. The summed E-state index contributed by atoms with van der Waals surface area (Å²) in [7, 11) is 1.74. The predicted molar refractivity (Wildman–Crippen MR) is 94.9 cm³/mol. The van der Waals surface area contributed by atoms with Crippen LogP contribution in [-0.4, -0.2) is 35.2 Å². The molecule has 0 aliphatic rings. The summed E-state index contributed by atoms with van der Waals surface area (Å²) in [6.45, 7) is 7.31. The lowest BCUT2D eigenvalue weighted by Gasteiger charge is -2.03. The standard InChI is InChI=1S/C16H20ClN7O/c1-5-24-10(2)12(6-19-24)8-23-9-13(7-18-23)20-16(25)15-14(17)11(3)22(4)21-15/h6-7,9H,5,8H2,1-4H3,(H,20,25). The van der Waals surface area contributed by atoms with Gasteiger partial charge in [0.05, 0.1) is 35.3 Å². The van der Waals surface area contributed by atoms with Gasteiger partial charge in [0.1, 0.15) is 0 Å². The molecule has 3 aromatic heterocycles. The number of anilines is 1. The Bertz CT molecular complexity index is 921. The van der Waals surface area contributed by atoms with Crippen molar-refractivity contribution in [3.05, 3.63) is 46.3 Å². The van der Waals surface area contributed by atoms with Gasteiger partial charge in [-0.1, -0.05) is 11.6 Å². The Morgan fingerprint density at radius 2 is 2.00 bits per heavy atom. The molecular formula is C16H20ClN7O. The van der Waals surface area contributed by atoms with Gasteiger partial charge in [-0.15, -0.1) is 0 Å². The molecule has 0 bridgehead atoms. The molecule has 9 heteroatoms. The highest BCUT2D eigenvalue weighted by molar-refractivity contribution is 6.34. The molecule has 0 aliphatic heterocycles. The van der Waals surface area contributed by atoms with E-state index >= 15 is 0 Å². The largest absolute Gasteiger partial charge is 0.318 e. The van der Waals surface area contributed by atoms with Crippen molar-refractivity contribution in [2.24, 2.45) is 7.05 Å². The third-order valence-electron chi connectivity index (χ3n) is 4.20. The van der Waals surface area contributed by atoms with Crippen molar-refractivity contribution in [2.75, 3.05) is 5.32 Å². The van der Waals surface area contributed by atoms with Crippen molar-refractivity contribution in [3.8, 4) is 0 Å². The van der Waals surface area contributed by atoms with Gasteiger partial charge in [-0.3, -0.25) is 18.8 Å². The number of carbonyl (C=O) groups is 1. The summed E-state index contributed by atoms with van der Waals surface area (Å²) in [5.41, 5.74) is 3.73. The fraction of sp³-hybridized carbons (Fsp3) is 0.375. The number of rotatable bonds is 5. The molecule has 0 radical (unpaired) electrons. The Morgan fingerprint density at radius 1 is 1.24 bits per heavy atom. The molecule has 3 heterocycles. The van der Waals surface area contributed by atoms with Crippen LogP contribution in [0, 0.1) is 13.8 Å². The summed E-state index contributed by atoms with van der Waals surface area (Å²) >= 11 is 6.15. The minimum atomic E-state index is -0.358. The van der Waals surface area contributed by atoms with E-state index in [4.69, 9.17) is 11.6 Å². The molecule has 3 rings (SSSR count). The van der Waals surface area contributed by atoms with Crippen LogP contribution in [0.1, 0.15) is 34.4 Å². The third-order valence-corrected chi connectivity index (χ3v) is 4.66. The fourth-order valence-electron chi connectivity index (χ4n) is 2.57. The molecule has 0 spiro atoms. The molecule has 0 saturated carbocycles. The smallest absolute Gasteiger partial charge is 0.277 e. The van der Waals surface area contributed by atoms with Crippen LogP contribution in [0.4, 0.5) is 5.69 Å². The van der Waals surface area contributed by atoms with E-state index in [0.29, 0.717) is 17.3 Å². The molecule has 132 valence electrons. The number of hydrogen-bond acceptors (Lipinski definition) is 4. The van der Waals surface area contributed by atoms with Crippen molar-refractivity contribution < 1.29 is 4.79 Å². The lowest BCUT2D eigenvalue weighted by molar-refractivity contribution is 0.102. The lowest BCUT2D eigenvalue weighted by atomic mass is 10.2. The van der Waals surface area contributed by atoms with E-state index in [1.54, 1.807) is 28.8 Å². The second-order valence-corrected chi connectivity index (χ2v) is 6.20. The van der Waals surface area contributed by atoms with E-state index < -0.39 is 0 Å². The number of nitrogens with zero attached hydrogens (tertiary/aromatic N) is 6. The first-order valence-corrected chi connectivity index (χ1v) is 8.32. The first-order chi connectivity index (χ1) is 11.9. The van der Waals surface area contributed by atoms with Gasteiger partial charge in [0.15, 0.2) is 5.69 Å². The zero-order valence-corrected chi connectivity index (χ0v) is 15.4. The number of amides is 1. The number of carbonyl (C=O) groups excluding carboxylic acids is 1. The number of aryl methyl sites for hydroxylation is 2. The van der Waals surface area contributed by atoms with Gasteiger partial charge in [-0.2, -0.15) is 15.3 Å². The zero-order chi connectivity index (χ0) is 18.1. The highest BCUT2D eigenvalue weighted by atomic mass is 35.5. The molecular weight excluding hydrogens is 342 g/mol. The Morgan fingerprint density at radius 3 is 2.60 bits per heavy atom. The van der Waals surface area contributed by atoms with E-state index in [9.17, 15) is 4.79 Å². The molecule has 0 fully saturated rings. The average Bonchev–Trinajstić information content (AvgIpc) is 3.24. The Hall–Kier alpha value is -2.61. The monoisotopic (exact) mass is 361 g/mol. The SMILES string of the molecule is CCn1ncc(Cn2cc(NC(=O)c3nn(C)c(C)c3Cl)cn2)c1C. The highest BCUT2D eigenvalue weighted by Crippen LogP contribution is 2.20. The molecule has 1 N–H and O–H groups in total. The van der Waals surface area contributed by atoms with Crippen LogP contribution in [0.15, 0.2) is 18.6 Å². The van der Waals surface area contributed by atoms with Crippen molar-refractivity contribution in [2.45, 2.75) is 33.9 Å². The molecule has 0 unspecified atom stereocenters. The van der Waals surface area contributed by atoms with Gasteiger partial charge in [0.25, 0.3) is 5.91 Å².